The number of hydrogen-bond acceptors (Lipinski definition) is 5. The first-order valence-electron chi connectivity index (χ1n) is 10.9. The van der Waals surface area contributed by atoms with Crippen LogP contribution in [0.25, 0.3) is 0 Å². The maximum atomic E-state index is 13.3. The lowest BCUT2D eigenvalue weighted by Gasteiger charge is -2.48. The number of aromatic nitrogens is 1. The molecule has 0 bridgehead atoms. The highest BCUT2D eigenvalue weighted by atomic mass is 31.0. The Bertz CT molecular complexity index is 1060. The van der Waals surface area contributed by atoms with E-state index in [9.17, 15) is 14.4 Å². The standard InChI is InChI=1S/C23H29N4O4P/c1-3-5-7-15(4-2)12-24-22(29)17-13-25-14-18-26-10-6-8-16(26)9-11-27(18)23(30)19(25)21(31-32)20(17)28/h3-5,7,13,16,18H,2,6,8-12,14,32H2,1H3,(H,24,29)/b5-3-,15-7+/t16-,18-/m0/s1. The highest BCUT2D eigenvalue weighted by molar-refractivity contribution is 7.10. The zero-order valence-corrected chi connectivity index (χ0v) is 19.4. The first-order valence-corrected chi connectivity index (χ1v) is 11.4. The summed E-state index contributed by atoms with van der Waals surface area (Å²) in [4.78, 5) is 43.5. The number of pyridine rings is 1. The van der Waals surface area contributed by atoms with Crippen molar-refractivity contribution in [3.8, 4) is 5.75 Å². The Hall–Kier alpha value is -2.70. The van der Waals surface area contributed by atoms with Crippen LogP contribution in [0.3, 0.4) is 0 Å². The van der Waals surface area contributed by atoms with Crippen molar-refractivity contribution in [2.45, 2.75) is 44.9 Å². The Labute approximate surface area is 189 Å². The molecular formula is C23H29N4O4P. The predicted molar refractivity (Wildman–Crippen MR) is 126 cm³/mol. The molecule has 1 aromatic rings. The minimum atomic E-state index is -0.593. The summed E-state index contributed by atoms with van der Waals surface area (Å²) in [5.74, 6) is -0.848. The summed E-state index contributed by atoms with van der Waals surface area (Å²) in [5, 5.41) is 2.77. The predicted octanol–water partition coefficient (Wildman–Crippen LogP) is 2.09. The molecule has 8 nitrogen and oxygen atoms in total. The molecule has 3 atom stereocenters. The lowest BCUT2D eigenvalue weighted by Crippen LogP contribution is -2.62. The average molecular weight is 456 g/mol. The van der Waals surface area contributed by atoms with Crippen LogP contribution >= 0.6 is 9.47 Å². The molecule has 0 radical (unpaired) electrons. The zero-order chi connectivity index (χ0) is 22.8. The molecule has 0 saturated carbocycles. The van der Waals surface area contributed by atoms with E-state index in [1.807, 2.05) is 39.5 Å². The van der Waals surface area contributed by atoms with Crippen LogP contribution in [-0.2, 0) is 6.54 Å². The Morgan fingerprint density at radius 1 is 1.34 bits per heavy atom. The summed E-state index contributed by atoms with van der Waals surface area (Å²) in [6, 6.07) is 0.492. The molecule has 2 fully saturated rings. The van der Waals surface area contributed by atoms with Crippen LogP contribution in [0.2, 0.25) is 0 Å². The van der Waals surface area contributed by atoms with Gasteiger partial charge in [-0.3, -0.25) is 19.3 Å². The number of amides is 2. The minimum Gasteiger partial charge on any atom is -0.474 e. The van der Waals surface area contributed by atoms with Crippen LogP contribution in [0.1, 0.15) is 47.0 Å². The van der Waals surface area contributed by atoms with Crippen molar-refractivity contribution in [2.75, 3.05) is 19.6 Å². The monoisotopic (exact) mass is 456 g/mol. The number of nitrogens with zero attached hydrogens (tertiary/aromatic N) is 3. The van der Waals surface area contributed by atoms with E-state index in [2.05, 4.69) is 16.8 Å². The van der Waals surface area contributed by atoms with E-state index in [0.29, 0.717) is 19.1 Å². The maximum absolute atomic E-state index is 13.3. The van der Waals surface area contributed by atoms with Gasteiger partial charge >= 0.3 is 0 Å². The SMILES string of the molecule is C=C/C(=C\C=C/C)CNC(=O)c1cn2c(c(OP)c1=O)C(=O)N1CC[C@@H]3CCCN3[C@@H]1C2. The second-order valence-corrected chi connectivity index (χ2v) is 8.51. The quantitative estimate of drug-likeness (QED) is 0.524. The molecule has 3 aliphatic rings. The van der Waals surface area contributed by atoms with Gasteiger partial charge in [0.25, 0.3) is 11.8 Å². The van der Waals surface area contributed by atoms with Gasteiger partial charge < -0.3 is 19.3 Å². The van der Waals surface area contributed by atoms with Gasteiger partial charge in [-0.05, 0) is 31.8 Å². The molecule has 3 aliphatic heterocycles. The fraction of sp³-hybridized carbons (Fsp3) is 0.435. The van der Waals surface area contributed by atoms with Crippen molar-refractivity contribution in [3.05, 3.63) is 64.1 Å². The molecule has 1 aromatic heterocycles. The molecule has 1 unspecified atom stereocenters. The lowest BCUT2D eigenvalue weighted by molar-refractivity contribution is -0.0209. The van der Waals surface area contributed by atoms with E-state index >= 15 is 0 Å². The normalized spacial score (nSPS) is 23.0. The van der Waals surface area contributed by atoms with Crippen molar-refractivity contribution < 1.29 is 14.1 Å². The van der Waals surface area contributed by atoms with Crippen LogP contribution in [0.4, 0.5) is 0 Å². The fourth-order valence-corrected chi connectivity index (χ4v) is 5.12. The average Bonchev–Trinajstić information content (AvgIpc) is 3.28. The minimum absolute atomic E-state index is 0.0457. The highest BCUT2D eigenvalue weighted by Gasteiger charge is 2.45. The fourth-order valence-electron chi connectivity index (χ4n) is 4.90. The van der Waals surface area contributed by atoms with Crippen LogP contribution < -0.4 is 15.3 Å². The van der Waals surface area contributed by atoms with Gasteiger partial charge in [-0.1, -0.05) is 30.9 Å². The molecule has 32 heavy (non-hydrogen) atoms. The van der Waals surface area contributed by atoms with E-state index in [-0.39, 0.29) is 35.6 Å². The third kappa shape index (κ3) is 3.93. The maximum Gasteiger partial charge on any atom is 0.275 e. The van der Waals surface area contributed by atoms with Gasteiger partial charge in [-0.2, -0.15) is 0 Å². The molecule has 9 heteroatoms. The van der Waals surface area contributed by atoms with E-state index in [1.54, 1.807) is 10.6 Å². The molecule has 4 heterocycles. The molecule has 0 spiro atoms. The number of hydrogen-bond donors (Lipinski definition) is 1. The van der Waals surface area contributed by atoms with Gasteiger partial charge in [0.2, 0.25) is 5.43 Å². The smallest absolute Gasteiger partial charge is 0.275 e. The van der Waals surface area contributed by atoms with Gasteiger partial charge in [-0.15, -0.1) is 0 Å². The van der Waals surface area contributed by atoms with Crippen molar-refractivity contribution in [1.29, 1.82) is 0 Å². The summed E-state index contributed by atoms with van der Waals surface area (Å²) < 4.78 is 6.99. The molecule has 1 N–H and O–H groups in total. The first kappa shape index (κ1) is 22.5. The number of rotatable bonds is 6. The van der Waals surface area contributed by atoms with Crippen molar-refractivity contribution >= 4 is 21.3 Å². The second-order valence-electron chi connectivity index (χ2n) is 8.28. The number of nitrogens with one attached hydrogen (secondary N) is 1. The molecule has 0 aliphatic carbocycles. The van der Waals surface area contributed by atoms with Gasteiger partial charge in [0.15, 0.2) is 11.4 Å². The molecule has 2 saturated heterocycles. The largest absolute Gasteiger partial charge is 0.474 e. The molecule has 0 aromatic carbocycles. The topological polar surface area (TPSA) is 83.9 Å². The molecule has 170 valence electrons. The van der Waals surface area contributed by atoms with Crippen molar-refractivity contribution in [2.24, 2.45) is 0 Å². The molecular weight excluding hydrogens is 427 g/mol. The van der Waals surface area contributed by atoms with Gasteiger partial charge in [0.05, 0.1) is 16.0 Å². The van der Waals surface area contributed by atoms with Crippen molar-refractivity contribution in [1.82, 2.24) is 19.7 Å². The van der Waals surface area contributed by atoms with E-state index < -0.39 is 11.3 Å². The highest BCUT2D eigenvalue weighted by Crippen LogP contribution is 2.34. The van der Waals surface area contributed by atoms with Gasteiger partial charge in [0, 0.05) is 31.9 Å². The Balaban J connectivity index is 1.66. The Kier molecular flexibility index (Phi) is 6.63. The van der Waals surface area contributed by atoms with Crippen LogP contribution in [0.15, 0.2) is 47.4 Å². The Morgan fingerprint density at radius 2 is 2.16 bits per heavy atom. The summed E-state index contributed by atoms with van der Waals surface area (Å²) in [5.41, 5.74) is 0.375. The van der Waals surface area contributed by atoms with Crippen LogP contribution in [-0.4, -0.2) is 58.0 Å². The summed E-state index contributed by atoms with van der Waals surface area (Å²) in [7, 11) is 2.04. The number of carbonyl (C=O) groups excluding carboxylic acids is 2. The third-order valence-electron chi connectivity index (χ3n) is 6.51. The van der Waals surface area contributed by atoms with Crippen LogP contribution in [0.5, 0.6) is 5.75 Å². The number of fused-ring (bicyclic) bond motifs is 4. The summed E-state index contributed by atoms with van der Waals surface area (Å²) in [6.07, 6.45) is 11.9. The number of carbonyl (C=O) groups is 2. The number of allylic oxidation sites excluding steroid dienone is 3. The summed E-state index contributed by atoms with van der Waals surface area (Å²) >= 11 is 0. The van der Waals surface area contributed by atoms with Crippen molar-refractivity contribution in [3.63, 3.8) is 0 Å². The lowest BCUT2D eigenvalue weighted by atomic mass is 10.0. The second kappa shape index (κ2) is 9.43. The summed E-state index contributed by atoms with van der Waals surface area (Å²) in [6.45, 7) is 8.00. The molecule has 2 amide bonds. The van der Waals surface area contributed by atoms with E-state index in [0.717, 1.165) is 31.4 Å². The molecule has 4 rings (SSSR count). The van der Waals surface area contributed by atoms with E-state index in [4.69, 9.17) is 4.52 Å². The van der Waals surface area contributed by atoms with Gasteiger partial charge in [0.1, 0.15) is 11.7 Å². The third-order valence-corrected chi connectivity index (χ3v) is 6.75. The Morgan fingerprint density at radius 3 is 2.88 bits per heavy atom. The first-order chi connectivity index (χ1) is 15.5. The zero-order valence-electron chi connectivity index (χ0n) is 18.3. The van der Waals surface area contributed by atoms with E-state index in [1.165, 1.54) is 6.20 Å². The van der Waals surface area contributed by atoms with Crippen LogP contribution in [0, 0.1) is 0 Å². The van der Waals surface area contributed by atoms with Gasteiger partial charge in [-0.25, -0.2) is 0 Å².